The van der Waals surface area contributed by atoms with Crippen molar-refractivity contribution in [2.75, 3.05) is 0 Å². The molecule has 0 saturated carbocycles. The molecule has 0 aromatic heterocycles. The average molecular weight is 205 g/mol. The van der Waals surface area contributed by atoms with E-state index in [4.69, 9.17) is 0 Å². The lowest BCUT2D eigenvalue weighted by Crippen LogP contribution is -2.19. The third kappa shape index (κ3) is 4.22. The van der Waals surface area contributed by atoms with Crippen LogP contribution in [-0.2, 0) is 4.79 Å². The standard InChI is InChI=1S/C12H11FO2/c1-9(8-12(14)15)2-3-10-4-6-11(13)7-5-10/h2-8H,1H3,(H,14,15)/p-1/b3-2+,9-8+. The second-order valence-electron chi connectivity index (χ2n) is 3.09. The molecule has 2 nitrogen and oxygen atoms in total. The Morgan fingerprint density at radius 1 is 1.33 bits per heavy atom. The van der Waals surface area contributed by atoms with Crippen LogP contribution in [0.3, 0.4) is 0 Å². The number of benzene rings is 1. The number of allylic oxidation sites excluding steroid dienone is 2. The monoisotopic (exact) mass is 205 g/mol. The molecule has 0 spiro atoms. The zero-order valence-corrected chi connectivity index (χ0v) is 8.24. The van der Waals surface area contributed by atoms with Crippen molar-refractivity contribution in [3.8, 4) is 0 Å². The van der Waals surface area contributed by atoms with Crippen molar-refractivity contribution >= 4 is 12.0 Å². The minimum atomic E-state index is -1.23. The Balaban J connectivity index is 2.73. The fourth-order valence-corrected chi connectivity index (χ4v) is 1.04. The Morgan fingerprint density at radius 3 is 2.47 bits per heavy atom. The van der Waals surface area contributed by atoms with Crippen molar-refractivity contribution in [2.24, 2.45) is 0 Å². The van der Waals surface area contributed by atoms with E-state index in [-0.39, 0.29) is 5.82 Å². The van der Waals surface area contributed by atoms with Gasteiger partial charge in [-0.05, 0) is 36.3 Å². The number of aliphatic carboxylic acids is 1. The fraction of sp³-hybridized carbons (Fsp3) is 0.0833. The first-order valence-corrected chi connectivity index (χ1v) is 4.41. The van der Waals surface area contributed by atoms with Gasteiger partial charge in [0.1, 0.15) is 5.82 Å². The van der Waals surface area contributed by atoms with Gasteiger partial charge in [-0.2, -0.15) is 0 Å². The second-order valence-corrected chi connectivity index (χ2v) is 3.09. The molecule has 1 aromatic carbocycles. The molecule has 0 atom stereocenters. The molecule has 0 aliphatic rings. The topological polar surface area (TPSA) is 40.1 Å². The summed E-state index contributed by atoms with van der Waals surface area (Å²) in [5, 5.41) is 10.2. The number of carboxylic acids is 1. The van der Waals surface area contributed by atoms with Gasteiger partial charge in [0.25, 0.3) is 0 Å². The number of hydrogen-bond donors (Lipinski definition) is 0. The first-order chi connectivity index (χ1) is 7.08. The van der Waals surface area contributed by atoms with Gasteiger partial charge in [-0.15, -0.1) is 0 Å². The normalized spacial score (nSPS) is 12.0. The summed E-state index contributed by atoms with van der Waals surface area (Å²) in [5.74, 6) is -1.52. The second kappa shape index (κ2) is 5.10. The van der Waals surface area contributed by atoms with Crippen LogP contribution in [0.4, 0.5) is 4.39 Å². The predicted octanol–water partition coefficient (Wildman–Crippen LogP) is 1.54. The van der Waals surface area contributed by atoms with Crippen molar-refractivity contribution in [2.45, 2.75) is 6.92 Å². The van der Waals surface area contributed by atoms with Crippen molar-refractivity contribution in [1.82, 2.24) is 0 Å². The van der Waals surface area contributed by atoms with Crippen LogP contribution >= 0.6 is 0 Å². The number of hydrogen-bond acceptors (Lipinski definition) is 2. The van der Waals surface area contributed by atoms with E-state index in [0.29, 0.717) is 5.57 Å². The molecule has 3 heteroatoms. The van der Waals surface area contributed by atoms with E-state index in [9.17, 15) is 14.3 Å². The zero-order chi connectivity index (χ0) is 11.3. The summed E-state index contributed by atoms with van der Waals surface area (Å²) in [7, 11) is 0. The molecule has 0 heterocycles. The van der Waals surface area contributed by atoms with Gasteiger partial charge >= 0.3 is 0 Å². The first kappa shape index (κ1) is 11.2. The molecule has 0 amide bonds. The molecule has 0 aliphatic heterocycles. The fourth-order valence-electron chi connectivity index (χ4n) is 1.04. The number of halogens is 1. The largest absolute Gasteiger partial charge is 0.545 e. The van der Waals surface area contributed by atoms with Gasteiger partial charge in [0, 0.05) is 0 Å². The SMILES string of the molecule is CC(/C=C/c1ccc(F)cc1)=C\C(=O)[O-]. The summed E-state index contributed by atoms with van der Waals surface area (Å²) in [6, 6.07) is 5.91. The van der Waals surface area contributed by atoms with Gasteiger partial charge in [-0.25, -0.2) is 4.39 Å². The van der Waals surface area contributed by atoms with Crippen LogP contribution in [0.1, 0.15) is 12.5 Å². The molecule has 1 aromatic rings. The lowest BCUT2D eigenvalue weighted by Gasteiger charge is -1.95. The first-order valence-electron chi connectivity index (χ1n) is 4.41. The van der Waals surface area contributed by atoms with E-state index in [1.54, 1.807) is 31.2 Å². The zero-order valence-electron chi connectivity index (χ0n) is 8.24. The Morgan fingerprint density at radius 2 is 1.93 bits per heavy atom. The van der Waals surface area contributed by atoms with Gasteiger partial charge in [-0.3, -0.25) is 0 Å². The number of rotatable bonds is 3. The Hall–Kier alpha value is -1.90. The quantitative estimate of drug-likeness (QED) is 0.554. The summed E-state index contributed by atoms with van der Waals surface area (Å²) in [5.41, 5.74) is 1.38. The molecule has 15 heavy (non-hydrogen) atoms. The lowest BCUT2D eigenvalue weighted by atomic mass is 10.1. The Bertz CT molecular complexity index is 402. The molecule has 0 aliphatic carbocycles. The smallest absolute Gasteiger partial charge is 0.123 e. The molecule has 1 rings (SSSR count). The summed E-state index contributed by atoms with van der Waals surface area (Å²) >= 11 is 0. The third-order valence-electron chi connectivity index (χ3n) is 1.75. The van der Waals surface area contributed by atoms with Gasteiger partial charge in [0.15, 0.2) is 0 Å². The summed E-state index contributed by atoms with van der Waals surface area (Å²) in [4.78, 5) is 10.2. The molecular formula is C12H10FO2-. The minimum absolute atomic E-state index is 0.297. The maximum absolute atomic E-state index is 12.5. The predicted molar refractivity (Wildman–Crippen MR) is 54.2 cm³/mol. The van der Waals surface area contributed by atoms with Crippen LogP contribution in [0.2, 0.25) is 0 Å². The van der Waals surface area contributed by atoms with Crippen LogP contribution in [0.5, 0.6) is 0 Å². The summed E-state index contributed by atoms with van der Waals surface area (Å²) in [6.45, 7) is 1.65. The molecule has 0 radical (unpaired) electrons. The average Bonchev–Trinajstić information content (AvgIpc) is 2.16. The van der Waals surface area contributed by atoms with Crippen LogP contribution in [-0.4, -0.2) is 5.97 Å². The highest BCUT2D eigenvalue weighted by atomic mass is 19.1. The van der Waals surface area contributed by atoms with Crippen molar-refractivity contribution in [3.63, 3.8) is 0 Å². The van der Waals surface area contributed by atoms with Crippen LogP contribution in [0.25, 0.3) is 6.08 Å². The van der Waals surface area contributed by atoms with E-state index in [2.05, 4.69) is 0 Å². The highest BCUT2D eigenvalue weighted by Crippen LogP contribution is 2.06. The summed E-state index contributed by atoms with van der Waals surface area (Å²) in [6.07, 6.45) is 4.33. The van der Waals surface area contributed by atoms with Crippen molar-refractivity contribution in [1.29, 1.82) is 0 Å². The minimum Gasteiger partial charge on any atom is -0.545 e. The van der Waals surface area contributed by atoms with E-state index in [1.807, 2.05) is 0 Å². The van der Waals surface area contributed by atoms with Gasteiger partial charge in [0.05, 0.1) is 5.97 Å². The molecule has 0 N–H and O–H groups in total. The van der Waals surface area contributed by atoms with Crippen LogP contribution < -0.4 is 5.11 Å². The highest BCUT2D eigenvalue weighted by Gasteiger charge is 1.89. The van der Waals surface area contributed by atoms with E-state index >= 15 is 0 Å². The van der Waals surface area contributed by atoms with Gasteiger partial charge in [0.2, 0.25) is 0 Å². The molecule has 0 saturated heterocycles. The lowest BCUT2D eigenvalue weighted by molar-refractivity contribution is -0.297. The number of carbonyl (C=O) groups is 1. The highest BCUT2D eigenvalue weighted by molar-refractivity contribution is 5.79. The molecule has 0 fully saturated rings. The molecular weight excluding hydrogens is 195 g/mol. The Kier molecular flexibility index (Phi) is 3.80. The summed E-state index contributed by atoms with van der Waals surface area (Å²) < 4.78 is 12.5. The molecule has 78 valence electrons. The van der Waals surface area contributed by atoms with E-state index in [0.717, 1.165) is 11.6 Å². The maximum Gasteiger partial charge on any atom is 0.123 e. The van der Waals surface area contributed by atoms with E-state index < -0.39 is 5.97 Å². The molecule has 0 bridgehead atoms. The molecule has 0 unspecified atom stereocenters. The maximum atomic E-state index is 12.5. The van der Waals surface area contributed by atoms with Crippen molar-refractivity contribution < 1.29 is 14.3 Å². The van der Waals surface area contributed by atoms with Gasteiger partial charge < -0.3 is 9.90 Å². The van der Waals surface area contributed by atoms with Crippen LogP contribution in [0, 0.1) is 5.82 Å². The van der Waals surface area contributed by atoms with E-state index in [1.165, 1.54) is 12.1 Å². The third-order valence-corrected chi connectivity index (χ3v) is 1.75. The van der Waals surface area contributed by atoms with Gasteiger partial charge in [-0.1, -0.05) is 24.3 Å². The van der Waals surface area contributed by atoms with Crippen LogP contribution in [0.15, 0.2) is 42.0 Å². The number of carboxylic acid groups (broad SMARTS) is 1. The van der Waals surface area contributed by atoms with Crippen molar-refractivity contribution in [3.05, 3.63) is 53.4 Å². The number of carbonyl (C=O) groups excluding carboxylic acids is 1. The Labute approximate surface area is 87.4 Å².